The van der Waals surface area contributed by atoms with Crippen molar-refractivity contribution in [3.8, 4) is 11.3 Å². The molecule has 23 heavy (non-hydrogen) atoms. The molecule has 0 aliphatic heterocycles. The first-order valence-corrected chi connectivity index (χ1v) is 6.82. The third-order valence-corrected chi connectivity index (χ3v) is 3.32. The minimum Gasteiger partial charge on any atom is -0.318 e. The Balaban J connectivity index is 1.78. The van der Waals surface area contributed by atoms with Crippen molar-refractivity contribution in [2.45, 2.75) is 0 Å². The molecule has 1 aromatic carbocycles. The second-order valence-electron chi connectivity index (χ2n) is 4.99. The van der Waals surface area contributed by atoms with Gasteiger partial charge in [0.05, 0.1) is 11.3 Å². The van der Waals surface area contributed by atoms with Crippen LogP contribution in [-0.2, 0) is 7.05 Å². The molecule has 2 aromatic heterocycles. The van der Waals surface area contributed by atoms with E-state index in [9.17, 15) is 14.0 Å². The predicted molar refractivity (Wildman–Crippen MR) is 83.6 cm³/mol. The van der Waals surface area contributed by atoms with Gasteiger partial charge in [0.1, 0.15) is 5.82 Å². The number of hydrogen-bond donors (Lipinski definition) is 2. The van der Waals surface area contributed by atoms with Crippen LogP contribution in [0.3, 0.4) is 0 Å². The molecule has 7 heteroatoms. The number of nitrogens with one attached hydrogen (secondary N) is 2. The summed E-state index contributed by atoms with van der Waals surface area (Å²) in [5.41, 5.74) is 1.56. The normalized spacial score (nSPS) is 10.5. The number of aromatic nitrogens is 3. The van der Waals surface area contributed by atoms with E-state index in [1.807, 2.05) is 0 Å². The Morgan fingerprint density at radius 2 is 1.96 bits per heavy atom. The van der Waals surface area contributed by atoms with E-state index in [1.54, 1.807) is 25.2 Å². The second kappa shape index (κ2) is 5.88. The molecule has 0 radical (unpaired) electrons. The number of carbonyl (C=O) groups excluding carboxylic acids is 1. The van der Waals surface area contributed by atoms with Crippen LogP contribution in [0.4, 0.5) is 10.2 Å². The molecule has 3 rings (SSSR count). The van der Waals surface area contributed by atoms with E-state index in [0.717, 1.165) is 5.56 Å². The Hall–Kier alpha value is -3.22. The summed E-state index contributed by atoms with van der Waals surface area (Å²) in [5.74, 6) is -0.364. The zero-order chi connectivity index (χ0) is 16.4. The SMILES string of the molecule is Cn1cc(C(=O)Nc2cc(-c3ccc(F)cc3)[nH]n2)ccc1=O. The number of hydrogen-bond acceptors (Lipinski definition) is 3. The van der Waals surface area contributed by atoms with Gasteiger partial charge in [-0.2, -0.15) is 5.10 Å². The Bertz CT molecular complexity index is 912. The third kappa shape index (κ3) is 3.18. The van der Waals surface area contributed by atoms with Gasteiger partial charge in [-0.05, 0) is 35.9 Å². The molecule has 3 aromatic rings. The molecule has 0 unspecified atom stereocenters. The first-order valence-electron chi connectivity index (χ1n) is 6.82. The van der Waals surface area contributed by atoms with E-state index < -0.39 is 0 Å². The Kier molecular flexibility index (Phi) is 3.76. The summed E-state index contributed by atoms with van der Waals surface area (Å²) in [7, 11) is 1.57. The van der Waals surface area contributed by atoms with Crippen molar-refractivity contribution < 1.29 is 9.18 Å². The lowest BCUT2D eigenvalue weighted by Crippen LogP contribution is -2.19. The largest absolute Gasteiger partial charge is 0.318 e. The highest BCUT2D eigenvalue weighted by Crippen LogP contribution is 2.20. The van der Waals surface area contributed by atoms with Crippen molar-refractivity contribution in [1.29, 1.82) is 0 Å². The zero-order valence-corrected chi connectivity index (χ0v) is 12.2. The van der Waals surface area contributed by atoms with Gasteiger partial charge in [0.15, 0.2) is 5.82 Å². The molecular weight excluding hydrogens is 299 g/mol. The standard InChI is InChI=1S/C16H13FN4O2/c1-21-9-11(4-7-15(21)22)16(23)18-14-8-13(19-20-14)10-2-5-12(17)6-3-10/h2-9H,1H3,(H2,18,19,20,23). The number of carbonyl (C=O) groups is 1. The number of nitrogens with zero attached hydrogens (tertiary/aromatic N) is 2. The second-order valence-corrected chi connectivity index (χ2v) is 4.99. The fourth-order valence-electron chi connectivity index (χ4n) is 2.08. The molecule has 0 bridgehead atoms. The smallest absolute Gasteiger partial charge is 0.258 e. The minimum absolute atomic E-state index is 0.195. The number of H-pyrrole nitrogens is 1. The van der Waals surface area contributed by atoms with Gasteiger partial charge in [-0.15, -0.1) is 0 Å². The Morgan fingerprint density at radius 1 is 1.22 bits per heavy atom. The van der Waals surface area contributed by atoms with Crippen molar-refractivity contribution >= 4 is 11.7 Å². The van der Waals surface area contributed by atoms with Crippen LogP contribution in [0.25, 0.3) is 11.3 Å². The molecule has 1 amide bonds. The van der Waals surface area contributed by atoms with Crippen LogP contribution in [-0.4, -0.2) is 20.7 Å². The molecule has 0 spiro atoms. The van der Waals surface area contributed by atoms with E-state index in [1.165, 1.54) is 35.0 Å². The minimum atomic E-state index is -0.377. The zero-order valence-electron chi connectivity index (χ0n) is 12.2. The lowest BCUT2D eigenvalue weighted by atomic mass is 10.1. The number of aromatic amines is 1. The summed E-state index contributed by atoms with van der Waals surface area (Å²) in [6, 6.07) is 10.3. The molecule has 6 nitrogen and oxygen atoms in total. The van der Waals surface area contributed by atoms with Crippen molar-refractivity contribution in [1.82, 2.24) is 14.8 Å². The molecule has 116 valence electrons. The maximum Gasteiger partial charge on any atom is 0.258 e. The Morgan fingerprint density at radius 3 is 2.65 bits per heavy atom. The molecule has 0 aliphatic carbocycles. The summed E-state index contributed by atoms with van der Waals surface area (Å²) < 4.78 is 14.2. The number of halogens is 1. The first kappa shape index (κ1) is 14.7. The topological polar surface area (TPSA) is 79.8 Å². The van der Waals surface area contributed by atoms with Crippen LogP contribution >= 0.6 is 0 Å². The summed E-state index contributed by atoms with van der Waals surface area (Å²) in [5, 5.41) is 9.41. The highest BCUT2D eigenvalue weighted by atomic mass is 19.1. The van der Waals surface area contributed by atoms with Gasteiger partial charge in [0.2, 0.25) is 5.56 Å². The van der Waals surface area contributed by atoms with E-state index in [-0.39, 0.29) is 17.3 Å². The number of aryl methyl sites for hydroxylation is 1. The van der Waals surface area contributed by atoms with E-state index in [0.29, 0.717) is 17.1 Å². The van der Waals surface area contributed by atoms with Gasteiger partial charge in [-0.3, -0.25) is 14.7 Å². The number of pyridine rings is 1. The molecule has 0 fully saturated rings. The van der Waals surface area contributed by atoms with Crippen LogP contribution in [0.2, 0.25) is 0 Å². The van der Waals surface area contributed by atoms with E-state index in [4.69, 9.17) is 0 Å². The number of rotatable bonds is 3. The average molecular weight is 312 g/mol. The fraction of sp³-hybridized carbons (Fsp3) is 0.0625. The van der Waals surface area contributed by atoms with E-state index in [2.05, 4.69) is 15.5 Å². The lowest BCUT2D eigenvalue weighted by Gasteiger charge is -2.03. The highest BCUT2D eigenvalue weighted by molar-refractivity contribution is 6.03. The molecular formula is C16H13FN4O2. The van der Waals surface area contributed by atoms with Crippen LogP contribution in [0.1, 0.15) is 10.4 Å². The summed E-state index contributed by atoms with van der Waals surface area (Å²) in [6.07, 6.45) is 1.45. The third-order valence-electron chi connectivity index (χ3n) is 3.32. The van der Waals surface area contributed by atoms with Crippen LogP contribution in [0.5, 0.6) is 0 Å². The predicted octanol–water partition coefficient (Wildman–Crippen LogP) is 2.17. The summed E-state index contributed by atoms with van der Waals surface area (Å²) in [6.45, 7) is 0. The Labute approximate surface area is 130 Å². The lowest BCUT2D eigenvalue weighted by molar-refractivity contribution is 0.102. The maximum absolute atomic E-state index is 12.9. The molecule has 0 aliphatic rings. The first-order chi connectivity index (χ1) is 11.0. The maximum atomic E-state index is 12.9. The van der Waals surface area contributed by atoms with Gasteiger partial charge in [-0.1, -0.05) is 0 Å². The van der Waals surface area contributed by atoms with E-state index >= 15 is 0 Å². The average Bonchev–Trinajstić information content (AvgIpc) is 2.99. The van der Waals surface area contributed by atoms with Crippen LogP contribution in [0, 0.1) is 5.82 Å². The highest BCUT2D eigenvalue weighted by Gasteiger charge is 2.10. The monoisotopic (exact) mass is 312 g/mol. The van der Waals surface area contributed by atoms with Crippen LogP contribution in [0.15, 0.2) is 53.5 Å². The molecule has 0 atom stereocenters. The van der Waals surface area contributed by atoms with Gasteiger partial charge in [0.25, 0.3) is 5.91 Å². The van der Waals surface area contributed by atoms with Gasteiger partial charge >= 0.3 is 0 Å². The quantitative estimate of drug-likeness (QED) is 0.778. The number of amides is 1. The number of anilines is 1. The number of benzene rings is 1. The van der Waals surface area contributed by atoms with Crippen molar-refractivity contribution in [2.75, 3.05) is 5.32 Å². The summed E-state index contributed by atoms with van der Waals surface area (Å²) in [4.78, 5) is 23.5. The van der Waals surface area contributed by atoms with Gasteiger partial charge < -0.3 is 9.88 Å². The summed E-state index contributed by atoms with van der Waals surface area (Å²) >= 11 is 0. The van der Waals surface area contributed by atoms with Crippen molar-refractivity contribution in [3.05, 3.63) is 70.4 Å². The molecule has 0 saturated carbocycles. The van der Waals surface area contributed by atoms with Gasteiger partial charge in [0, 0.05) is 25.4 Å². The molecule has 0 saturated heterocycles. The van der Waals surface area contributed by atoms with Crippen LogP contribution < -0.4 is 10.9 Å². The van der Waals surface area contributed by atoms with Crippen molar-refractivity contribution in [3.63, 3.8) is 0 Å². The van der Waals surface area contributed by atoms with Gasteiger partial charge in [-0.25, -0.2) is 4.39 Å². The molecule has 2 N–H and O–H groups in total. The molecule has 2 heterocycles. The fourth-order valence-corrected chi connectivity index (χ4v) is 2.08. The van der Waals surface area contributed by atoms with Crippen molar-refractivity contribution in [2.24, 2.45) is 7.05 Å².